The molecule has 210 valence electrons. The number of aromatic nitrogens is 3. The van der Waals surface area contributed by atoms with Gasteiger partial charge in [-0.25, -0.2) is 9.78 Å². The predicted molar refractivity (Wildman–Crippen MR) is 165 cm³/mol. The maximum Gasteiger partial charge on any atom is 0.341 e. The van der Waals surface area contributed by atoms with E-state index in [-0.39, 0.29) is 23.8 Å². The number of nitrogens with zero attached hydrogens (tertiary/aromatic N) is 2. The molecule has 0 aliphatic heterocycles. The lowest BCUT2D eigenvalue weighted by atomic mass is 9.95. The van der Waals surface area contributed by atoms with Crippen molar-refractivity contribution >= 4 is 61.9 Å². The van der Waals surface area contributed by atoms with Gasteiger partial charge in [0.2, 0.25) is 5.91 Å². The van der Waals surface area contributed by atoms with Gasteiger partial charge in [-0.3, -0.25) is 14.2 Å². The molecule has 1 aliphatic rings. The molecule has 0 saturated heterocycles. The molecular weight excluding hydrogens is 556 g/mol. The average molecular weight is 587 g/mol. The normalized spacial score (nSPS) is 13.0. The molecule has 0 spiro atoms. The fraction of sp³-hybridized carbons (Fsp3) is 0.290. The number of esters is 1. The zero-order valence-electron chi connectivity index (χ0n) is 23.1. The highest BCUT2D eigenvalue weighted by molar-refractivity contribution is 7.99. The van der Waals surface area contributed by atoms with Crippen molar-refractivity contribution in [3.8, 4) is 5.69 Å². The maximum atomic E-state index is 13.9. The lowest BCUT2D eigenvalue weighted by Gasteiger charge is -2.14. The summed E-state index contributed by atoms with van der Waals surface area (Å²) in [5, 5.41) is 4.77. The number of H-pyrrole nitrogens is 1. The number of thiophene rings is 1. The van der Waals surface area contributed by atoms with E-state index in [4.69, 9.17) is 9.72 Å². The van der Waals surface area contributed by atoms with E-state index in [0.717, 1.165) is 58.2 Å². The highest BCUT2D eigenvalue weighted by Crippen LogP contribution is 2.39. The van der Waals surface area contributed by atoms with Crippen LogP contribution in [0.5, 0.6) is 0 Å². The Morgan fingerprint density at radius 3 is 2.66 bits per heavy atom. The highest BCUT2D eigenvalue weighted by Gasteiger charge is 2.27. The molecule has 6 rings (SSSR count). The van der Waals surface area contributed by atoms with Crippen molar-refractivity contribution in [2.75, 3.05) is 17.7 Å². The molecule has 0 fully saturated rings. The van der Waals surface area contributed by atoms with E-state index in [2.05, 4.69) is 10.3 Å². The fourth-order valence-electron chi connectivity index (χ4n) is 5.51. The molecule has 5 aromatic rings. The zero-order chi connectivity index (χ0) is 28.7. The third-order valence-electron chi connectivity index (χ3n) is 7.20. The predicted octanol–water partition coefficient (Wildman–Crippen LogP) is 6.33. The first-order valence-electron chi connectivity index (χ1n) is 13.7. The van der Waals surface area contributed by atoms with E-state index in [1.807, 2.05) is 56.3 Å². The highest BCUT2D eigenvalue weighted by atomic mass is 32.2. The standard InChI is InChI=1S/C31H30N4O4S2/c1-4-39-30(38)25-21-10-6-8-12-23(21)41-28(25)33-24(36)16-40-31-34-26-20-9-5-7-11-22(20)32-27(26)29(37)35(31)19-14-17(2)13-18(3)15-19/h5,7,9,11,13-15,32H,4,6,8,10,12,16H2,1-3H3,(H,33,36). The second-order valence-corrected chi connectivity index (χ2v) is 12.3. The Labute approximate surface area is 245 Å². The third kappa shape index (κ3) is 5.17. The molecule has 2 N–H and O–H groups in total. The Bertz CT molecular complexity index is 1860. The topological polar surface area (TPSA) is 106 Å². The summed E-state index contributed by atoms with van der Waals surface area (Å²) < 4.78 is 6.90. The van der Waals surface area contributed by atoms with Crippen molar-refractivity contribution in [2.45, 2.75) is 51.6 Å². The van der Waals surface area contributed by atoms with Gasteiger partial charge >= 0.3 is 5.97 Å². The first-order valence-corrected chi connectivity index (χ1v) is 15.5. The zero-order valence-corrected chi connectivity index (χ0v) is 24.8. The Morgan fingerprint density at radius 2 is 1.88 bits per heavy atom. The van der Waals surface area contributed by atoms with Crippen LogP contribution < -0.4 is 10.9 Å². The van der Waals surface area contributed by atoms with Gasteiger partial charge in [-0.1, -0.05) is 36.0 Å². The number of carbonyl (C=O) groups is 2. The Morgan fingerprint density at radius 1 is 1.12 bits per heavy atom. The molecule has 8 nitrogen and oxygen atoms in total. The molecular formula is C31H30N4O4S2. The number of para-hydroxylation sites is 1. The van der Waals surface area contributed by atoms with E-state index >= 15 is 0 Å². The summed E-state index contributed by atoms with van der Waals surface area (Å²) in [6.07, 6.45) is 3.78. The minimum atomic E-state index is -0.398. The molecule has 0 radical (unpaired) electrons. The smallest absolute Gasteiger partial charge is 0.341 e. The molecule has 0 bridgehead atoms. The van der Waals surface area contributed by atoms with Gasteiger partial charge in [0.25, 0.3) is 5.56 Å². The number of hydrogen-bond donors (Lipinski definition) is 2. The molecule has 0 unspecified atom stereocenters. The second kappa shape index (κ2) is 11.2. The maximum absolute atomic E-state index is 13.9. The van der Waals surface area contributed by atoms with Gasteiger partial charge in [0.15, 0.2) is 5.16 Å². The Balaban J connectivity index is 1.36. The van der Waals surface area contributed by atoms with Crippen LogP contribution in [0, 0.1) is 13.8 Å². The summed E-state index contributed by atoms with van der Waals surface area (Å²) in [4.78, 5) is 49.3. The minimum Gasteiger partial charge on any atom is -0.462 e. The van der Waals surface area contributed by atoms with Gasteiger partial charge in [-0.2, -0.15) is 0 Å². The molecule has 3 heterocycles. The molecule has 41 heavy (non-hydrogen) atoms. The van der Waals surface area contributed by atoms with Gasteiger partial charge < -0.3 is 15.0 Å². The van der Waals surface area contributed by atoms with Crippen molar-refractivity contribution in [1.29, 1.82) is 0 Å². The van der Waals surface area contributed by atoms with Crippen LogP contribution in [0.2, 0.25) is 0 Å². The second-order valence-electron chi connectivity index (χ2n) is 10.2. The summed E-state index contributed by atoms with van der Waals surface area (Å²) in [6, 6.07) is 13.6. The lowest BCUT2D eigenvalue weighted by molar-refractivity contribution is -0.113. The fourth-order valence-corrected chi connectivity index (χ4v) is 7.61. The summed E-state index contributed by atoms with van der Waals surface area (Å²) in [5.74, 6) is -0.667. The van der Waals surface area contributed by atoms with Crippen LogP contribution in [0.15, 0.2) is 52.4 Å². The number of aromatic amines is 1. The lowest BCUT2D eigenvalue weighted by Crippen LogP contribution is -2.23. The Hall–Kier alpha value is -3.89. The summed E-state index contributed by atoms with van der Waals surface area (Å²) in [6.45, 7) is 6.01. The molecule has 3 aromatic heterocycles. The molecule has 0 saturated carbocycles. The van der Waals surface area contributed by atoms with Crippen molar-refractivity contribution in [1.82, 2.24) is 14.5 Å². The van der Waals surface area contributed by atoms with Gasteiger partial charge in [0.05, 0.1) is 23.6 Å². The number of aryl methyl sites for hydroxylation is 3. The SMILES string of the molecule is CCOC(=O)c1c(NC(=O)CSc2nc3c([nH]c4ccccc43)c(=O)n2-c2cc(C)cc(C)c2)sc2c1CCCC2. The van der Waals surface area contributed by atoms with Crippen LogP contribution in [-0.4, -0.2) is 38.8 Å². The van der Waals surface area contributed by atoms with Gasteiger partial charge in [0, 0.05) is 15.8 Å². The van der Waals surface area contributed by atoms with Crippen LogP contribution in [0.1, 0.15) is 51.7 Å². The van der Waals surface area contributed by atoms with E-state index in [0.29, 0.717) is 32.4 Å². The van der Waals surface area contributed by atoms with Crippen LogP contribution >= 0.6 is 23.1 Å². The average Bonchev–Trinajstić information content (AvgIpc) is 3.50. The molecule has 2 aromatic carbocycles. The van der Waals surface area contributed by atoms with Crippen LogP contribution in [0.4, 0.5) is 5.00 Å². The summed E-state index contributed by atoms with van der Waals surface area (Å²) in [5.41, 5.74) is 5.80. The number of thioether (sulfide) groups is 1. The molecule has 0 atom stereocenters. The van der Waals surface area contributed by atoms with Gasteiger partial charge in [-0.15, -0.1) is 11.3 Å². The van der Waals surface area contributed by atoms with Crippen molar-refractivity contribution in [3.05, 3.63) is 79.9 Å². The third-order valence-corrected chi connectivity index (χ3v) is 9.34. The quantitative estimate of drug-likeness (QED) is 0.131. The number of amides is 1. The molecule has 1 amide bonds. The monoisotopic (exact) mass is 586 g/mol. The van der Waals surface area contributed by atoms with Crippen molar-refractivity contribution < 1.29 is 14.3 Å². The molecule has 10 heteroatoms. The number of ether oxygens (including phenoxy) is 1. The van der Waals surface area contributed by atoms with E-state index in [1.165, 1.54) is 23.1 Å². The van der Waals surface area contributed by atoms with Crippen LogP contribution in [0.3, 0.4) is 0 Å². The van der Waals surface area contributed by atoms with Crippen molar-refractivity contribution in [2.24, 2.45) is 0 Å². The van der Waals surface area contributed by atoms with E-state index in [9.17, 15) is 14.4 Å². The number of hydrogen-bond acceptors (Lipinski definition) is 7. The summed E-state index contributed by atoms with van der Waals surface area (Å²) >= 11 is 2.65. The Kier molecular flexibility index (Phi) is 7.44. The van der Waals surface area contributed by atoms with Crippen LogP contribution in [-0.2, 0) is 22.4 Å². The van der Waals surface area contributed by atoms with Gasteiger partial charge in [0.1, 0.15) is 16.0 Å². The van der Waals surface area contributed by atoms with Gasteiger partial charge in [-0.05, 0) is 81.3 Å². The number of carbonyl (C=O) groups excluding carboxylic acids is 2. The number of anilines is 1. The number of fused-ring (bicyclic) bond motifs is 4. The number of nitrogens with one attached hydrogen (secondary N) is 2. The van der Waals surface area contributed by atoms with Crippen LogP contribution in [0.25, 0.3) is 27.6 Å². The van der Waals surface area contributed by atoms with E-state index in [1.54, 1.807) is 11.5 Å². The number of rotatable bonds is 7. The van der Waals surface area contributed by atoms with Crippen molar-refractivity contribution in [3.63, 3.8) is 0 Å². The number of benzene rings is 2. The first-order chi connectivity index (χ1) is 19.8. The largest absolute Gasteiger partial charge is 0.462 e. The first kappa shape index (κ1) is 27.3. The molecule has 1 aliphatic carbocycles. The van der Waals surface area contributed by atoms with E-state index < -0.39 is 5.97 Å². The summed E-state index contributed by atoms with van der Waals surface area (Å²) in [7, 11) is 0. The minimum absolute atomic E-state index is 0.00985.